The fourth-order valence-electron chi connectivity index (χ4n) is 1.55. The molecule has 4 N–H and O–H groups in total. The van der Waals surface area contributed by atoms with Gasteiger partial charge in [0, 0.05) is 12.4 Å². The number of nitrogens with zero attached hydrogens (tertiary/aromatic N) is 1. The molecule has 0 aliphatic rings. The first-order valence-corrected chi connectivity index (χ1v) is 7.33. The number of halogens is 1. The molecule has 2 rings (SSSR count). The van der Waals surface area contributed by atoms with Crippen molar-refractivity contribution in [2.45, 2.75) is 17.9 Å². The number of aromatic amines is 1. The highest BCUT2D eigenvalue weighted by atomic mass is 35.5. The van der Waals surface area contributed by atoms with Crippen LogP contribution in [0, 0.1) is 0 Å². The molecule has 0 saturated carbocycles. The van der Waals surface area contributed by atoms with Gasteiger partial charge in [-0.2, -0.15) is 0 Å². The van der Waals surface area contributed by atoms with Crippen LogP contribution in [0.25, 0.3) is 0 Å². The largest absolute Gasteiger partial charge is 0.398 e. The first-order valence-electron chi connectivity index (χ1n) is 5.47. The lowest BCUT2D eigenvalue weighted by molar-refractivity contribution is 0.561. The Kier molecular flexibility index (Phi) is 3.79. The summed E-state index contributed by atoms with van der Waals surface area (Å²) >= 11 is 5.82. The fraction of sp³-hybridized carbons (Fsp3) is 0.182. The highest BCUT2D eigenvalue weighted by molar-refractivity contribution is 7.89. The second-order valence-corrected chi connectivity index (χ2v) is 6.12. The van der Waals surface area contributed by atoms with Crippen LogP contribution in [0.1, 0.15) is 18.8 Å². The molecule has 0 aliphatic carbocycles. The van der Waals surface area contributed by atoms with E-state index in [1.165, 1.54) is 18.2 Å². The summed E-state index contributed by atoms with van der Waals surface area (Å²) < 4.78 is 26.8. The van der Waals surface area contributed by atoms with Crippen molar-refractivity contribution in [3.63, 3.8) is 0 Å². The van der Waals surface area contributed by atoms with E-state index in [0.717, 1.165) is 0 Å². The normalized spacial score (nSPS) is 13.4. The van der Waals surface area contributed by atoms with Crippen LogP contribution in [0.2, 0.25) is 5.02 Å². The van der Waals surface area contributed by atoms with Crippen LogP contribution in [0.4, 0.5) is 5.69 Å². The van der Waals surface area contributed by atoms with Crippen LogP contribution in [0.15, 0.2) is 35.5 Å². The van der Waals surface area contributed by atoms with Gasteiger partial charge in [0.05, 0.1) is 21.6 Å². The van der Waals surface area contributed by atoms with Crippen molar-refractivity contribution in [1.29, 1.82) is 0 Å². The van der Waals surface area contributed by atoms with Gasteiger partial charge in [0.1, 0.15) is 5.82 Å². The standard InChI is InChI=1S/C11H13ClN4O2S/c1-7(11-14-4-5-15-11)16-19(17,18)8-2-3-10(13)9(12)6-8/h2-7,16H,13H2,1H3,(H,14,15). The lowest BCUT2D eigenvalue weighted by atomic mass is 10.3. The molecule has 1 heterocycles. The van der Waals surface area contributed by atoms with E-state index in [4.69, 9.17) is 17.3 Å². The number of nitrogen functional groups attached to an aromatic ring is 1. The summed E-state index contributed by atoms with van der Waals surface area (Å²) in [5, 5.41) is 0.202. The van der Waals surface area contributed by atoms with Crippen molar-refractivity contribution >= 4 is 27.3 Å². The summed E-state index contributed by atoms with van der Waals surface area (Å²) in [5.74, 6) is 0.533. The maximum atomic E-state index is 12.1. The number of H-pyrrole nitrogens is 1. The topological polar surface area (TPSA) is 101 Å². The predicted octanol–water partition coefficient (Wildman–Crippen LogP) is 1.68. The SMILES string of the molecule is CC(NS(=O)(=O)c1ccc(N)c(Cl)c1)c1ncc[nH]1. The molecule has 0 saturated heterocycles. The van der Waals surface area contributed by atoms with E-state index in [1.807, 2.05) is 0 Å². The summed E-state index contributed by atoms with van der Waals surface area (Å²) in [6, 6.07) is 3.69. The van der Waals surface area contributed by atoms with Crippen molar-refractivity contribution in [3.05, 3.63) is 41.4 Å². The quantitative estimate of drug-likeness (QED) is 0.748. The predicted molar refractivity (Wildman–Crippen MR) is 73.2 cm³/mol. The molecule has 1 aromatic heterocycles. The molecule has 0 aliphatic heterocycles. The molecule has 6 nitrogen and oxygen atoms in total. The molecule has 1 aromatic carbocycles. The second-order valence-electron chi connectivity index (χ2n) is 4.00. The molecule has 0 amide bonds. The molecule has 8 heteroatoms. The van der Waals surface area contributed by atoms with Gasteiger partial charge in [-0.05, 0) is 25.1 Å². The molecular weight excluding hydrogens is 288 g/mol. The van der Waals surface area contributed by atoms with E-state index in [-0.39, 0.29) is 9.92 Å². The van der Waals surface area contributed by atoms with Crippen LogP contribution >= 0.6 is 11.6 Å². The van der Waals surface area contributed by atoms with Crippen molar-refractivity contribution in [3.8, 4) is 0 Å². The van der Waals surface area contributed by atoms with Crippen LogP contribution in [0.5, 0.6) is 0 Å². The van der Waals surface area contributed by atoms with Gasteiger partial charge in [-0.25, -0.2) is 18.1 Å². The lowest BCUT2D eigenvalue weighted by Crippen LogP contribution is -2.27. The van der Waals surface area contributed by atoms with Crippen LogP contribution in [0.3, 0.4) is 0 Å². The average Bonchev–Trinajstić information content (AvgIpc) is 2.85. The maximum absolute atomic E-state index is 12.1. The Labute approximate surface area is 116 Å². The fourth-order valence-corrected chi connectivity index (χ4v) is 3.02. The summed E-state index contributed by atoms with van der Waals surface area (Å²) in [7, 11) is -3.67. The van der Waals surface area contributed by atoms with Gasteiger partial charge in [-0.1, -0.05) is 11.6 Å². The number of sulfonamides is 1. The summed E-state index contributed by atoms with van der Waals surface area (Å²) in [6.45, 7) is 1.69. The van der Waals surface area contributed by atoms with Gasteiger partial charge in [-0.3, -0.25) is 0 Å². The number of benzene rings is 1. The number of hydrogen-bond acceptors (Lipinski definition) is 4. The minimum Gasteiger partial charge on any atom is -0.398 e. The summed E-state index contributed by atoms with van der Waals surface area (Å²) in [4.78, 5) is 6.90. The highest BCUT2D eigenvalue weighted by Crippen LogP contribution is 2.23. The number of nitrogens with one attached hydrogen (secondary N) is 2. The number of anilines is 1. The van der Waals surface area contributed by atoms with Gasteiger partial charge in [0.25, 0.3) is 0 Å². The number of rotatable bonds is 4. The Hall–Kier alpha value is -1.57. The third-order valence-electron chi connectivity index (χ3n) is 2.54. The molecule has 0 bridgehead atoms. The van der Waals surface area contributed by atoms with E-state index in [9.17, 15) is 8.42 Å². The molecule has 102 valence electrons. The van der Waals surface area contributed by atoms with Gasteiger partial charge in [0.2, 0.25) is 10.0 Å². The Morgan fingerprint density at radius 2 is 2.21 bits per heavy atom. The zero-order chi connectivity index (χ0) is 14.0. The van der Waals surface area contributed by atoms with Gasteiger partial charge in [-0.15, -0.1) is 0 Å². The van der Waals surface area contributed by atoms with E-state index in [0.29, 0.717) is 11.5 Å². The Bertz CT molecular complexity index is 670. The third kappa shape index (κ3) is 3.06. The zero-order valence-corrected chi connectivity index (χ0v) is 11.7. The Balaban J connectivity index is 2.25. The smallest absolute Gasteiger partial charge is 0.241 e. The van der Waals surface area contributed by atoms with Crippen LogP contribution in [-0.4, -0.2) is 18.4 Å². The molecular formula is C11H13ClN4O2S. The summed E-state index contributed by atoms with van der Waals surface area (Å²) in [6.07, 6.45) is 3.18. The van der Waals surface area contributed by atoms with Crippen molar-refractivity contribution < 1.29 is 8.42 Å². The van der Waals surface area contributed by atoms with Gasteiger partial charge < -0.3 is 10.7 Å². The van der Waals surface area contributed by atoms with Gasteiger partial charge >= 0.3 is 0 Å². The van der Waals surface area contributed by atoms with E-state index in [2.05, 4.69) is 14.7 Å². The minimum atomic E-state index is -3.67. The molecule has 2 aromatic rings. The molecule has 0 radical (unpaired) electrons. The third-order valence-corrected chi connectivity index (χ3v) is 4.41. The number of hydrogen-bond donors (Lipinski definition) is 3. The Morgan fingerprint density at radius 3 is 2.79 bits per heavy atom. The Morgan fingerprint density at radius 1 is 1.47 bits per heavy atom. The summed E-state index contributed by atoms with van der Waals surface area (Å²) in [5.41, 5.74) is 5.88. The molecule has 0 fully saturated rings. The number of aromatic nitrogens is 2. The average molecular weight is 301 g/mol. The number of nitrogens with two attached hydrogens (primary N) is 1. The van der Waals surface area contributed by atoms with Crippen LogP contribution in [-0.2, 0) is 10.0 Å². The monoisotopic (exact) mass is 300 g/mol. The first kappa shape index (κ1) is 13.9. The highest BCUT2D eigenvalue weighted by Gasteiger charge is 2.20. The lowest BCUT2D eigenvalue weighted by Gasteiger charge is -2.12. The molecule has 1 unspecified atom stereocenters. The zero-order valence-electron chi connectivity index (χ0n) is 10.1. The van der Waals surface area contributed by atoms with E-state index >= 15 is 0 Å². The van der Waals surface area contributed by atoms with Crippen molar-refractivity contribution in [2.24, 2.45) is 0 Å². The molecule has 0 spiro atoms. The number of imidazole rings is 1. The molecule has 1 atom stereocenters. The van der Waals surface area contributed by atoms with E-state index in [1.54, 1.807) is 19.3 Å². The second kappa shape index (κ2) is 5.20. The molecule has 19 heavy (non-hydrogen) atoms. The van der Waals surface area contributed by atoms with Gasteiger partial charge in [0.15, 0.2) is 0 Å². The van der Waals surface area contributed by atoms with E-state index < -0.39 is 16.1 Å². The van der Waals surface area contributed by atoms with Crippen molar-refractivity contribution in [1.82, 2.24) is 14.7 Å². The van der Waals surface area contributed by atoms with Crippen LogP contribution < -0.4 is 10.5 Å². The van der Waals surface area contributed by atoms with Crippen molar-refractivity contribution in [2.75, 3.05) is 5.73 Å². The maximum Gasteiger partial charge on any atom is 0.241 e. The minimum absolute atomic E-state index is 0.0603. The first-order chi connectivity index (χ1) is 8.90.